The first-order valence-corrected chi connectivity index (χ1v) is 8.44. The Kier molecular flexibility index (Phi) is 5.90. The minimum absolute atomic E-state index is 0.0781. The molecule has 0 saturated carbocycles. The molecule has 0 aromatic rings. The van der Waals surface area contributed by atoms with Gasteiger partial charge in [0.25, 0.3) is 0 Å². The fourth-order valence-corrected chi connectivity index (χ4v) is 5.53. The number of nitrogens with zero attached hydrogens (tertiary/aromatic N) is 1. The molecule has 2 atom stereocenters. The van der Waals surface area contributed by atoms with Crippen LogP contribution in [0.5, 0.6) is 0 Å². The van der Waals surface area contributed by atoms with Crippen LogP contribution in [0, 0.1) is 0 Å². The summed E-state index contributed by atoms with van der Waals surface area (Å²) < 4.78 is 30.2. The number of carboxylic acids is 1. The van der Waals surface area contributed by atoms with E-state index in [4.69, 9.17) is 9.84 Å². The van der Waals surface area contributed by atoms with Crippen molar-refractivity contribution in [1.29, 1.82) is 0 Å². The normalized spacial score (nSPS) is 25.4. The molecule has 1 aliphatic rings. The van der Waals surface area contributed by atoms with E-state index in [1.165, 1.54) is 18.9 Å². The number of hydrogen-bond donors (Lipinski definition) is 1. The molecule has 2 unspecified atom stereocenters. The molecule has 0 amide bonds. The second-order valence-electron chi connectivity index (χ2n) is 4.07. The Bertz CT molecular complexity index is 384. The lowest BCUT2D eigenvalue weighted by molar-refractivity contribution is -0.140. The highest BCUT2D eigenvalue weighted by molar-refractivity contribution is 8.01. The van der Waals surface area contributed by atoms with E-state index in [0.717, 1.165) is 10.7 Å². The zero-order valence-corrected chi connectivity index (χ0v) is 12.2. The van der Waals surface area contributed by atoms with Gasteiger partial charge in [-0.25, -0.2) is 8.42 Å². The van der Waals surface area contributed by atoms with E-state index in [1.54, 1.807) is 0 Å². The number of hydrogen-bond acceptors (Lipinski definition) is 5. The largest absolute Gasteiger partial charge is 0.480 e. The van der Waals surface area contributed by atoms with Crippen LogP contribution in [0.4, 0.5) is 0 Å². The predicted molar refractivity (Wildman–Crippen MR) is 70.1 cm³/mol. The molecule has 0 aromatic carbocycles. The number of aliphatic carboxylic acids is 1. The van der Waals surface area contributed by atoms with Crippen LogP contribution in [-0.4, -0.2) is 60.4 Å². The van der Waals surface area contributed by atoms with Gasteiger partial charge in [-0.15, -0.1) is 11.8 Å². The van der Waals surface area contributed by atoms with Gasteiger partial charge in [-0.3, -0.25) is 4.79 Å². The number of carbonyl (C=O) groups is 1. The molecule has 0 aromatic heterocycles. The molecule has 1 rings (SSSR count). The van der Waals surface area contributed by atoms with Gasteiger partial charge in [-0.2, -0.15) is 4.31 Å². The lowest BCUT2D eigenvalue weighted by atomic mass is 10.3. The SMILES string of the molecule is CCCC1SCC(C(=O)O)N1S(=O)(=O)CCOC. The van der Waals surface area contributed by atoms with Crippen molar-refractivity contribution in [2.24, 2.45) is 0 Å². The van der Waals surface area contributed by atoms with Crippen molar-refractivity contribution < 1.29 is 23.1 Å². The first kappa shape index (κ1) is 15.7. The van der Waals surface area contributed by atoms with E-state index < -0.39 is 22.0 Å². The van der Waals surface area contributed by atoms with Crippen LogP contribution in [0.3, 0.4) is 0 Å². The molecule has 1 fully saturated rings. The minimum atomic E-state index is -3.58. The summed E-state index contributed by atoms with van der Waals surface area (Å²) in [7, 11) is -2.16. The predicted octanol–water partition coefficient (Wildman–Crippen LogP) is 0.591. The smallest absolute Gasteiger partial charge is 0.322 e. The standard InChI is InChI=1S/C10H19NO5S2/c1-3-4-9-11(8(7-17-9)10(12)13)18(14,15)6-5-16-2/h8-9H,3-7H2,1-2H3,(H,12,13). The zero-order chi connectivity index (χ0) is 13.8. The van der Waals surface area contributed by atoms with Crippen molar-refractivity contribution in [2.45, 2.75) is 31.2 Å². The molecule has 0 aliphatic carbocycles. The third-order valence-corrected chi connectivity index (χ3v) is 6.05. The monoisotopic (exact) mass is 297 g/mol. The number of rotatable bonds is 7. The van der Waals surface area contributed by atoms with Crippen molar-refractivity contribution >= 4 is 27.8 Å². The Labute approximate surface area is 112 Å². The maximum absolute atomic E-state index is 12.2. The third-order valence-electron chi connectivity index (χ3n) is 2.72. The van der Waals surface area contributed by atoms with Gasteiger partial charge in [0.15, 0.2) is 0 Å². The molecular formula is C10H19NO5S2. The van der Waals surface area contributed by atoms with Crippen LogP contribution in [0.2, 0.25) is 0 Å². The van der Waals surface area contributed by atoms with E-state index in [2.05, 4.69) is 0 Å². The highest BCUT2D eigenvalue weighted by Crippen LogP contribution is 2.34. The fourth-order valence-electron chi connectivity index (χ4n) is 1.85. The first-order chi connectivity index (χ1) is 8.44. The van der Waals surface area contributed by atoms with Gasteiger partial charge in [0.2, 0.25) is 10.0 Å². The summed E-state index contributed by atoms with van der Waals surface area (Å²) in [5.74, 6) is -0.942. The molecule has 8 heteroatoms. The summed E-state index contributed by atoms with van der Waals surface area (Å²) in [5.41, 5.74) is 0. The molecule has 1 aliphatic heterocycles. The molecule has 1 saturated heterocycles. The van der Waals surface area contributed by atoms with Crippen molar-refractivity contribution in [3.05, 3.63) is 0 Å². The van der Waals surface area contributed by atoms with E-state index >= 15 is 0 Å². The summed E-state index contributed by atoms with van der Waals surface area (Å²) in [6.07, 6.45) is 1.49. The Morgan fingerprint density at radius 1 is 1.56 bits per heavy atom. The van der Waals surface area contributed by atoms with E-state index in [0.29, 0.717) is 12.2 Å². The Morgan fingerprint density at radius 3 is 2.72 bits per heavy atom. The topological polar surface area (TPSA) is 83.9 Å². The van der Waals surface area contributed by atoms with Gasteiger partial charge in [0.05, 0.1) is 17.7 Å². The number of carboxylic acid groups (broad SMARTS) is 1. The van der Waals surface area contributed by atoms with Gasteiger partial charge >= 0.3 is 5.97 Å². The molecule has 18 heavy (non-hydrogen) atoms. The average Bonchev–Trinajstić information content (AvgIpc) is 2.71. The Morgan fingerprint density at radius 2 is 2.22 bits per heavy atom. The van der Waals surface area contributed by atoms with Crippen LogP contribution < -0.4 is 0 Å². The van der Waals surface area contributed by atoms with Crippen molar-refractivity contribution in [1.82, 2.24) is 4.31 Å². The first-order valence-electron chi connectivity index (χ1n) is 5.78. The van der Waals surface area contributed by atoms with Gasteiger partial charge < -0.3 is 9.84 Å². The van der Waals surface area contributed by atoms with Crippen molar-refractivity contribution in [2.75, 3.05) is 25.2 Å². The van der Waals surface area contributed by atoms with E-state index in [-0.39, 0.29) is 17.7 Å². The van der Waals surface area contributed by atoms with Gasteiger partial charge in [0.1, 0.15) is 6.04 Å². The molecular weight excluding hydrogens is 278 g/mol. The highest BCUT2D eigenvalue weighted by Gasteiger charge is 2.44. The maximum Gasteiger partial charge on any atom is 0.322 e. The van der Waals surface area contributed by atoms with Crippen LogP contribution in [0.25, 0.3) is 0 Å². The molecule has 0 spiro atoms. The van der Waals surface area contributed by atoms with Crippen molar-refractivity contribution in [3.8, 4) is 0 Å². The average molecular weight is 297 g/mol. The molecule has 1 N–H and O–H groups in total. The quantitative estimate of drug-likeness (QED) is 0.740. The summed E-state index contributed by atoms with van der Waals surface area (Å²) in [6, 6.07) is -0.951. The minimum Gasteiger partial charge on any atom is -0.480 e. The molecule has 0 bridgehead atoms. The zero-order valence-electron chi connectivity index (χ0n) is 10.5. The van der Waals surface area contributed by atoms with Gasteiger partial charge in [0, 0.05) is 12.9 Å². The molecule has 1 heterocycles. The number of methoxy groups -OCH3 is 1. The Balaban J connectivity index is 2.92. The summed E-state index contributed by atoms with van der Waals surface area (Å²) in [4.78, 5) is 11.1. The molecule has 106 valence electrons. The van der Waals surface area contributed by atoms with Crippen molar-refractivity contribution in [3.63, 3.8) is 0 Å². The van der Waals surface area contributed by atoms with Gasteiger partial charge in [-0.05, 0) is 6.42 Å². The van der Waals surface area contributed by atoms with Crippen LogP contribution in [0.15, 0.2) is 0 Å². The fraction of sp³-hybridized carbons (Fsp3) is 0.900. The van der Waals surface area contributed by atoms with Crippen LogP contribution in [0.1, 0.15) is 19.8 Å². The van der Waals surface area contributed by atoms with Crippen LogP contribution in [-0.2, 0) is 19.6 Å². The van der Waals surface area contributed by atoms with E-state index in [9.17, 15) is 13.2 Å². The third kappa shape index (κ3) is 3.59. The number of sulfonamides is 1. The Hall–Kier alpha value is -0.310. The summed E-state index contributed by atoms with van der Waals surface area (Å²) in [6.45, 7) is 2.03. The molecule has 0 radical (unpaired) electrons. The highest BCUT2D eigenvalue weighted by atomic mass is 32.2. The summed E-state index contributed by atoms with van der Waals surface area (Å²) >= 11 is 1.40. The molecule has 6 nitrogen and oxygen atoms in total. The van der Waals surface area contributed by atoms with Crippen LogP contribution >= 0.6 is 11.8 Å². The lowest BCUT2D eigenvalue weighted by Gasteiger charge is -2.26. The maximum atomic E-state index is 12.2. The second kappa shape index (κ2) is 6.74. The summed E-state index contributed by atoms with van der Waals surface area (Å²) in [5, 5.41) is 8.84. The number of ether oxygens (including phenoxy) is 1. The second-order valence-corrected chi connectivity index (χ2v) is 7.27. The number of thioether (sulfide) groups is 1. The van der Waals surface area contributed by atoms with Gasteiger partial charge in [-0.1, -0.05) is 13.3 Å². The lowest BCUT2D eigenvalue weighted by Crippen LogP contribution is -2.46. The van der Waals surface area contributed by atoms with E-state index in [1.807, 2.05) is 6.92 Å².